The van der Waals surface area contributed by atoms with E-state index in [9.17, 15) is 9.59 Å². The number of aromatic nitrogens is 2. The van der Waals surface area contributed by atoms with Crippen LogP contribution >= 0.6 is 0 Å². The van der Waals surface area contributed by atoms with Gasteiger partial charge in [0.2, 0.25) is 11.8 Å². The second-order valence-electron chi connectivity index (χ2n) is 7.00. The van der Waals surface area contributed by atoms with Crippen LogP contribution in [0, 0.1) is 0 Å². The van der Waals surface area contributed by atoms with Gasteiger partial charge in [0.05, 0.1) is 17.5 Å². The van der Waals surface area contributed by atoms with Crippen LogP contribution in [0.4, 0.5) is 11.4 Å². The minimum atomic E-state index is -0.524. The molecule has 26 heavy (non-hydrogen) atoms. The molecule has 2 aromatic rings. The van der Waals surface area contributed by atoms with Crippen molar-refractivity contribution < 1.29 is 14.3 Å². The zero-order valence-corrected chi connectivity index (χ0v) is 15.0. The summed E-state index contributed by atoms with van der Waals surface area (Å²) >= 11 is 0. The summed E-state index contributed by atoms with van der Waals surface area (Å²) in [5.74, 6) is -0.00452. The molecule has 0 bridgehead atoms. The van der Waals surface area contributed by atoms with Crippen molar-refractivity contribution in [3.8, 4) is 0 Å². The average molecular weight is 354 g/mol. The van der Waals surface area contributed by atoms with Gasteiger partial charge in [0.1, 0.15) is 0 Å². The van der Waals surface area contributed by atoms with E-state index >= 15 is 0 Å². The van der Waals surface area contributed by atoms with Crippen LogP contribution in [0.3, 0.4) is 0 Å². The topological polar surface area (TPSA) is 76.5 Å². The third-order valence-corrected chi connectivity index (χ3v) is 5.33. The molecule has 136 valence electrons. The molecule has 0 radical (unpaired) electrons. The molecule has 3 heterocycles. The monoisotopic (exact) mass is 354 g/mol. The number of nitrogens with zero attached hydrogens (tertiary/aromatic N) is 3. The summed E-state index contributed by atoms with van der Waals surface area (Å²) in [4.78, 5) is 26.9. The summed E-state index contributed by atoms with van der Waals surface area (Å²) in [5, 5.41) is 7.16. The maximum atomic E-state index is 12.9. The summed E-state index contributed by atoms with van der Waals surface area (Å²) in [6, 6.07) is 7.52. The highest BCUT2D eigenvalue weighted by Gasteiger charge is 2.50. The molecule has 1 spiro atoms. The van der Waals surface area contributed by atoms with Crippen molar-refractivity contribution in [1.29, 1.82) is 0 Å². The number of anilines is 2. The zero-order valence-electron chi connectivity index (χ0n) is 15.0. The molecule has 1 aromatic heterocycles. The van der Waals surface area contributed by atoms with Gasteiger partial charge < -0.3 is 15.0 Å². The summed E-state index contributed by atoms with van der Waals surface area (Å²) in [6.45, 7) is 1.16. The Morgan fingerprint density at radius 2 is 2.04 bits per heavy atom. The van der Waals surface area contributed by atoms with Crippen molar-refractivity contribution >= 4 is 23.2 Å². The third-order valence-electron chi connectivity index (χ3n) is 5.33. The van der Waals surface area contributed by atoms with Gasteiger partial charge in [-0.05, 0) is 42.7 Å². The molecule has 0 atom stereocenters. The standard InChI is InChI=1S/C19H22N4O3/c1-22-8-5-14(21-22)12-17(24)20-13-3-4-16-15(11-13)19(18(25)23(16)2)6-9-26-10-7-19/h3-5,8,11H,6-7,9-10,12H2,1-2H3,(H,20,24). The van der Waals surface area contributed by atoms with Crippen molar-refractivity contribution in [1.82, 2.24) is 9.78 Å². The molecule has 0 aliphatic carbocycles. The summed E-state index contributed by atoms with van der Waals surface area (Å²) in [6.07, 6.45) is 3.38. The van der Waals surface area contributed by atoms with Gasteiger partial charge in [-0.2, -0.15) is 5.10 Å². The lowest BCUT2D eigenvalue weighted by atomic mass is 9.75. The van der Waals surface area contributed by atoms with Gasteiger partial charge in [-0.3, -0.25) is 14.3 Å². The fourth-order valence-electron chi connectivity index (χ4n) is 3.97. The van der Waals surface area contributed by atoms with Gasteiger partial charge in [-0.25, -0.2) is 0 Å². The number of likely N-dealkylation sites (N-methyl/N-ethyl adjacent to an activating group) is 1. The molecular weight excluding hydrogens is 332 g/mol. The Kier molecular flexibility index (Phi) is 4.03. The number of rotatable bonds is 3. The summed E-state index contributed by atoms with van der Waals surface area (Å²) in [7, 11) is 3.63. The van der Waals surface area contributed by atoms with Gasteiger partial charge in [-0.15, -0.1) is 0 Å². The molecule has 1 fully saturated rings. The van der Waals surface area contributed by atoms with E-state index in [2.05, 4.69) is 10.4 Å². The number of nitrogens with one attached hydrogen (secondary N) is 1. The van der Waals surface area contributed by atoms with Crippen LogP contribution in [0.2, 0.25) is 0 Å². The molecule has 1 N–H and O–H groups in total. The molecule has 2 aliphatic heterocycles. The smallest absolute Gasteiger partial charge is 0.237 e. The van der Waals surface area contributed by atoms with Crippen LogP contribution in [-0.4, -0.2) is 41.9 Å². The number of benzene rings is 1. The molecule has 7 heteroatoms. The fourth-order valence-corrected chi connectivity index (χ4v) is 3.97. The highest BCUT2D eigenvalue weighted by Crippen LogP contribution is 2.47. The molecule has 1 aromatic carbocycles. The van der Waals surface area contributed by atoms with E-state index in [0.29, 0.717) is 31.7 Å². The predicted octanol–water partition coefficient (Wildman–Crippen LogP) is 1.63. The first-order valence-corrected chi connectivity index (χ1v) is 8.78. The number of hydrogen-bond acceptors (Lipinski definition) is 4. The van der Waals surface area contributed by atoms with E-state index in [1.54, 1.807) is 9.58 Å². The van der Waals surface area contributed by atoms with Gasteiger partial charge in [0.15, 0.2) is 0 Å². The van der Waals surface area contributed by atoms with Crippen molar-refractivity contribution in [3.05, 3.63) is 41.7 Å². The van der Waals surface area contributed by atoms with E-state index < -0.39 is 5.41 Å². The van der Waals surface area contributed by atoms with Crippen molar-refractivity contribution in [2.45, 2.75) is 24.7 Å². The highest BCUT2D eigenvalue weighted by molar-refractivity contribution is 6.08. The number of amides is 2. The second kappa shape index (κ2) is 6.25. The fraction of sp³-hybridized carbons (Fsp3) is 0.421. The lowest BCUT2D eigenvalue weighted by molar-refractivity contribution is -0.126. The normalized spacial score (nSPS) is 18.2. The summed E-state index contributed by atoms with van der Waals surface area (Å²) < 4.78 is 7.14. The quantitative estimate of drug-likeness (QED) is 0.909. The Bertz CT molecular complexity index is 867. The molecule has 7 nitrogen and oxygen atoms in total. The predicted molar refractivity (Wildman–Crippen MR) is 97.1 cm³/mol. The van der Waals surface area contributed by atoms with E-state index in [0.717, 1.165) is 16.9 Å². The lowest BCUT2D eigenvalue weighted by Crippen LogP contribution is -2.42. The molecule has 2 aliphatic rings. The maximum absolute atomic E-state index is 12.9. The first-order chi connectivity index (χ1) is 12.5. The second-order valence-corrected chi connectivity index (χ2v) is 7.00. The minimum absolute atomic E-state index is 0.118. The third kappa shape index (κ3) is 2.68. The number of carbonyl (C=O) groups excluding carboxylic acids is 2. The van der Waals surface area contributed by atoms with E-state index in [1.807, 2.05) is 44.6 Å². The Balaban J connectivity index is 1.58. The number of ether oxygens (including phenoxy) is 1. The minimum Gasteiger partial charge on any atom is -0.381 e. The number of hydrogen-bond donors (Lipinski definition) is 1. The van der Waals surface area contributed by atoms with Gasteiger partial charge in [0, 0.05) is 44.9 Å². The molecule has 0 saturated carbocycles. The molecule has 1 saturated heterocycles. The molecule has 0 unspecified atom stereocenters. The molecule has 4 rings (SSSR count). The Hall–Kier alpha value is -2.67. The summed E-state index contributed by atoms with van der Waals surface area (Å²) in [5.41, 5.74) is 2.81. The number of fused-ring (bicyclic) bond motifs is 2. The number of carbonyl (C=O) groups is 2. The van der Waals surface area contributed by atoms with E-state index in [4.69, 9.17) is 4.74 Å². The SMILES string of the molecule is CN1C(=O)C2(CCOCC2)c2cc(NC(=O)Cc3ccn(C)n3)ccc21. The van der Waals surface area contributed by atoms with Crippen LogP contribution in [0.15, 0.2) is 30.5 Å². The Morgan fingerprint density at radius 3 is 2.73 bits per heavy atom. The van der Waals surface area contributed by atoms with Gasteiger partial charge >= 0.3 is 0 Å². The van der Waals surface area contributed by atoms with Crippen molar-refractivity contribution in [2.24, 2.45) is 7.05 Å². The van der Waals surface area contributed by atoms with Crippen LogP contribution < -0.4 is 10.2 Å². The van der Waals surface area contributed by atoms with E-state index in [1.165, 1.54) is 0 Å². The molecule has 2 amide bonds. The van der Waals surface area contributed by atoms with Crippen LogP contribution in [0.25, 0.3) is 0 Å². The Labute approximate surface area is 151 Å². The zero-order chi connectivity index (χ0) is 18.3. The maximum Gasteiger partial charge on any atom is 0.237 e. The average Bonchev–Trinajstić information content (AvgIpc) is 3.12. The van der Waals surface area contributed by atoms with Gasteiger partial charge in [-0.1, -0.05) is 0 Å². The molecular formula is C19H22N4O3. The lowest BCUT2D eigenvalue weighted by Gasteiger charge is -2.32. The van der Waals surface area contributed by atoms with Gasteiger partial charge in [0.25, 0.3) is 0 Å². The van der Waals surface area contributed by atoms with E-state index in [-0.39, 0.29) is 18.2 Å². The van der Waals surface area contributed by atoms with Crippen molar-refractivity contribution in [2.75, 3.05) is 30.5 Å². The number of aryl methyl sites for hydroxylation is 1. The Morgan fingerprint density at radius 1 is 1.27 bits per heavy atom. The largest absolute Gasteiger partial charge is 0.381 e. The first-order valence-electron chi connectivity index (χ1n) is 8.78. The first kappa shape index (κ1) is 16.8. The van der Waals surface area contributed by atoms with Crippen molar-refractivity contribution in [3.63, 3.8) is 0 Å². The van der Waals surface area contributed by atoms with Crippen LogP contribution in [0.5, 0.6) is 0 Å². The van der Waals surface area contributed by atoms with Crippen LogP contribution in [0.1, 0.15) is 24.1 Å². The highest BCUT2D eigenvalue weighted by atomic mass is 16.5. The van der Waals surface area contributed by atoms with Crippen LogP contribution in [-0.2, 0) is 33.2 Å².